The summed E-state index contributed by atoms with van der Waals surface area (Å²) >= 11 is 0. The number of carbonyl (C=O) groups is 1. The van der Waals surface area contributed by atoms with Crippen LogP contribution in [0, 0.1) is 0 Å². The molecule has 114 valence electrons. The summed E-state index contributed by atoms with van der Waals surface area (Å²) in [7, 11) is 1.25. The van der Waals surface area contributed by atoms with Crippen LogP contribution in [0.2, 0.25) is 0 Å². The number of rotatable bonds is 6. The fraction of sp³-hybridized carbons (Fsp3) is 0.154. The molecule has 0 bridgehead atoms. The molecule has 0 radical (unpaired) electrons. The van der Waals surface area contributed by atoms with Crippen LogP contribution in [0.25, 0.3) is 5.82 Å². The van der Waals surface area contributed by atoms with Gasteiger partial charge in [-0.05, 0) is 12.1 Å². The van der Waals surface area contributed by atoms with Crippen molar-refractivity contribution in [3.05, 3.63) is 53.4 Å². The number of nitrogens with one attached hydrogen (secondary N) is 2. The van der Waals surface area contributed by atoms with Gasteiger partial charge in [0.1, 0.15) is 11.9 Å². The summed E-state index contributed by atoms with van der Waals surface area (Å²) in [6.45, 7) is 4.01. The molecule has 2 heterocycles. The minimum atomic E-state index is -0.637. The number of pyridine rings is 1. The number of carbonyl (C=O) groups excluding carboxylic acids is 1. The lowest BCUT2D eigenvalue weighted by Crippen LogP contribution is -2.29. The minimum absolute atomic E-state index is 0.0960. The van der Waals surface area contributed by atoms with Gasteiger partial charge in [-0.15, -0.1) is 6.58 Å². The normalized spacial score (nSPS) is 10.0. The van der Waals surface area contributed by atoms with Crippen molar-refractivity contribution in [2.45, 2.75) is 0 Å². The SMILES string of the molecule is C=CCNNc1ncn(-c2ncccc2C(=O)OC)c(=O)n1. The standard InChI is InChI=1S/C13H14N6O3/c1-3-6-16-18-12-15-8-19(13(21)17-12)10-9(11(20)22-2)5-4-7-14-10/h3-5,7-8,16H,1,6H2,2H3,(H,17,18,21). The number of nitrogens with zero attached hydrogens (tertiary/aromatic N) is 4. The van der Waals surface area contributed by atoms with Crippen LogP contribution in [0.1, 0.15) is 10.4 Å². The van der Waals surface area contributed by atoms with Gasteiger partial charge in [0.25, 0.3) is 0 Å². The molecule has 0 aliphatic heterocycles. The van der Waals surface area contributed by atoms with Gasteiger partial charge in [0.05, 0.1) is 7.11 Å². The summed E-state index contributed by atoms with van der Waals surface area (Å²) < 4.78 is 5.72. The Bertz CT molecular complexity index is 743. The lowest BCUT2D eigenvalue weighted by Gasteiger charge is -2.09. The van der Waals surface area contributed by atoms with Gasteiger partial charge < -0.3 is 4.74 Å². The van der Waals surface area contributed by atoms with Crippen LogP contribution < -0.4 is 16.5 Å². The quantitative estimate of drug-likeness (QED) is 0.330. The maximum atomic E-state index is 12.1. The van der Waals surface area contributed by atoms with E-state index in [1.165, 1.54) is 25.7 Å². The average molecular weight is 302 g/mol. The number of anilines is 1. The van der Waals surface area contributed by atoms with Gasteiger partial charge in [0, 0.05) is 12.7 Å². The monoisotopic (exact) mass is 302 g/mol. The Morgan fingerprint density at radius 2 is 2.32 bits per heavy atom. The van der Waals surface area contributed by atoms with Crippen LogP contribution in [0.4, 0.5) is 5.95 Å². The largest absolute Gasteiger partial charge is 0.465 e. The lowest BCUT2D eigenvalue weighted by molar-refractivity contribution is 0.0600. The zero-order valence-corrected chi connectivity index (χ0v) is 11.8. The van der Waals surface area contributed by atoms with E-state index in [1.54, 1.807) is 12.1 Å². The smallest absolute Gasteiger partial charge is 0.357 e. The molecule has 0 aliphatic rings. The second-order valence-corrected chi connectivity index (χ2v) is 3.99. The Kier molecular flexibility index (Phi) is 4.94. The molecule has 0 aliphatic carbocycles. The molecule has 0 saturated carbocycles. The predicted molar refractivity (Wildman–Crippen MR) is 78.6 cm³/mol. The molecule has 22 heavy (non-hydrogen) atoms. The van der Waals surface area contributed by atoms with Gasteiger partial charge in [-0.3, -0.25) is 5.43 Å². The van der Waals surface area contributed by atoms with Crippen molar-refractivity contribution in [2.24, 2.45) is 0 Å². The third-order valence-electron chi connectivity index (χ3n) is 2.57. The molecule has 9 nitrogen and oxygen atoms in total. The third kappa shape index (κ3) is 3.33. The molecule has 0 amide bonds. The molecule has 0 unspecified atom stereocenters. The van der Waals surface area contributed by atoms with E-state index in [1.807, 2.05) is 0 Å². The first kappa shape index (κ1) is 15.3. The first-order valence-corrected chi connectivity index (χ1v) is 6.26. The molecular formula is C13H14N6O3. The number of aromatic nitrogens is 4. The van der Waals surface area contributed by atoms with Crippen molar-refractivity contribution in [3.8, 4) is 5.82 Å². The van der Waals surface area contributed by atoms with E-state index in [4.69, 9.17) is 0 Å². The van der Waals surface area contributed by atoms with E-state index in [0.717, 1.165) is 4.57 Å². The van der Waals surface area contributed by atoms with Crippen LogP contribution in [-0.2, 0) is 4.74 Å². The van der Waals surface area contributed by atoms with Crippen LogP contribution in [-0.4, -0.2) is 39.1 Å². The number of hydrazine groups is 1. The van der Waals surface area contributed by atoms with Crippen molar-refractivity contribution < 1.29 is 9.53 Å². The highest BCUT2D eigenvalue weighted by molar-refractivity contribution is 5.92. The van der Waals surface area contributed by atoms with E-state index in [9.17, 15) is 9.59 Å². The van der Waals surface area contributed by atoms with E-state index in [0.29, 0.717) is 6.54 Å². The van der Waals surface area contributed by atoms with Crippen LogP contribution in [0.5, 0.6) is 0 Å². The van der Waals surface area contributed by atoms with Crippen molar-refractivity contribution in [1.29, 1.82) is 0 Å². The Morgan fingerprint density at radius 3 is 3.00 bits per heavy atom. The maximum Gasteiger partial charge on any atom is 0.357 e. The molecule has 2 aromatic rings. The summed E-state index contributed by atoms with van der Waals surface area (Å²) in [4.78, 5) is 35.5. The molecule has 9 heteroatoms. The second kappa shape index (κ2) is 7.09. The Balaban J connectivity index is 2.36. The number of ether oxygens (including phenoxy) is 1. The molecular weight excluding hydrogens is 288 g/mol. The van der Waals surface area contributed by atoms with Crippen molar-refractivity contribution >= 4 is 11.9 Å². The predicted octanol–water partition coefficient (Wildman–Crippen LogP) is -0.0884. The molecule has 0 saturated heterocycles. The number of methoxy groups -OCH3 is 1. The number of hydrogen-bond acceptors (Lipinski definition) is 8. The van der Waals surface area contributed by atoms with Crippen LogP contribution in [0.15, 0.2) is 42.1 Å². The van der Waals surface area contributed by atoms with E-state index < -0.39 is 11.7 Å². The summed E-state index contributed by atoms with van der Waals surface area (Å²) in [5.41, 5.74) is 4.89. The van der Waals surface area contributed by atoms with E-state index >= 15 is 0 Å². The van der Waals surface area contributed by atoms with Crippen molar-refractivity contribution in [2.75, 3.05) is 19.1 Å². The van der Waals surface area contributed by atoms with Gasteiger partial charge >= 0.3 is 11.7 Å². The van der Waals surface area contributed by atoms with Gasteiger partial charge in [0.15, 0.2) is 5.82 Å². The third-order valence-corrected chi connectivity index (χ3v) is 2.57. The molecule has 2 rings (SSSR count). The zero-order valence-electron chi connectivity index (χ0n) is 11.8. The fourth-order valence-electron chi connectivity index (χ4n) is 1.60. The highest BCUT2D eigenvalue weighted by Gasteiger charge is 2.15. The molecule has 0 spiro atoms. The number of hydrogen-bond donors (Lipinski definition) is 2. The van der Waals surface area contributed by atoms with Gasteiger partial charge in [0.2, 0.25) is 5.95 Å². The van der Waals surface area contributed by atoms with Gasteiger partial charge in [-0.2, -0.15) is 4.98 Å². The van der Waals surface area contributed by atoms with Gasteiger partial charge in [-0.25, -0.2) is 29.5 Å². The fourth-order valence-corrected chi connectivity index (χ4v) is 1.60. The lowest BCUT2D eigenvalue weighted by atomic mass is 10.2. The Hall–Kier alpha value is -3.07. The highest BCUT2D eigenvalue weighted by Crippen LogP contribution is 2.10. The molecule has 0 atom stereocenters. The summed E-state index contributed by atoms with van der Waals surface area (Å²) in [6.07, 6.45) is 4.30. The summed E-state index contributed by atoms with van der Waals surface area (Å²) in [5, 5.41) is 0. The average Bonchev–Trinajstić information content (AvgIpc) is 2.54. The molecule has 2 N–H and O–H groups in total. The Morgan fingerprint density at radius 1 is 1.50 bits per heavy atom. The highest BCUT2D eigenvalue weighted by atomic mass is 16.5. The molecule has 0 aromatic carbocycles. The van der Waals surface area contributed by atoms with Crippen LogP contribution >= 0.6 is 0 Å². The molecule has 2 aromatic heterocycles. The maximum absolute atomic E-state index is 12.1. The van der Waals surface area contributed by atoms with Crippen molar-refractivity contribution in [3.63, 3.8) is 0 Å². The van der Waals surface area contributed by atoms with E-state index in [2.05, 4.69) is 37.1 Å². The summed E-state index contributed by atoms with van der Waals surface area (Å²) in [6, 6.07) is 3.06. The summed E-state index contributed by atoms with van der Waals surface area (Å²) in [5.74, 6) is -0.409. The van der Waals surface area contributed by atoms with Crippen LogP contribution in [0.3, 0.4) is 0 Å². The zero-order chi connectivity index (χ0) is 15.9. The van der Waals surface area contributed by atoms with Gasteiger partial charge in [-0.1, -0.05) is 6.08 Å². The first-order chi connectivity index (χ1) is 10.7. The molecule has 0 fully saturated rings. The first-order valence-electron chi connectivity index (χ1n) is 6.26. The number of esters is 1. The Labute approximate surface area is 125 Å². The minimum Gasteiger partial charge on any atom is -0.465 e. The topological polar surface area (TPSA) is 111 Å². The van der Waals surface area contributed by atoms with Crippen molar-refractivity contribution in [1.82, 2.24) is 24.9 Å². The van der Waals surface area contributed by atoms with E-state index in [-0.39, 0.29) is 17.3 Å². The second-order valence-electron chi connectivity index (χ2n) is 3.99.